The van der Waals surface area contributed by atoms with E-state index >= 15 is 0 Å². The Morgan fingerprint density at radius 1 is 1.00 bits per heavy atom. The Morgan fingerprint density at radius 2 is 1.69 bits per heavy atom. The first-order chi connectivity index (χ1) is 7.70. The first-order valence-electron chi connectivity index (χ1n) is 4.77. The van der Waals surface area contributed by atoms with Gasteiger partial charge in [-0.1, -0.05) is 36.4 Å². The minimum absolute atomic E-state index is 0.0220. The van der Waals surface area contributed by atoms with Crippen molar-refractivity contribution in [3.8, 4) is 5.75 Å². The van der Waals surface area contributed by atoms with E-state index in [9.17, 15) is 14.3 Å². The number of phenols is 1. The van der Waals surface area contributed by atoms with Crippen molar-refractivity contribution in [3.63, 3.8) is 0 Å². The third kappa shape index (κ3) is 1.80. The molecular weight excluding hydrogens is 207 g/mol. The summed E-state index contributed by atoms with van der Waals surface area (Å²) in [4.78, 5) is 11.9. The lowest BCUT2D eigenvalue weighted by atomic mass is 10.0. The Labute approximate surface area is 92.0 Å². The van der Waals surface area contributed by atoms with E-state index in [1.54, 1.807) is 30.3 Å². The number of hydrogen-bond acceptors (Lipinski definition) is 2. The number of carbonyl (C=O) groups is 1. The Kier molecular flexibility index (Phi) is 2.68. The monoisotopic (exact) mass is 216 g/mol. The molecule has 16 heavy (non-hydrogen) atoms. The number of carbonyl (C=O) groups excluding carboxylic acids is 1. The number of phenolic OH excluding ortho intramolecular Hbond substituents is 1. The molecule has 80 valence electrons. The van der Waals surface area contributed by atoms with Gasteiger partial charge < -0.3 is 5.11 Å². The summed E-state index contributed by atoms with van der Waals surface area (Å²) in [6.07, 6.45) is 0. The summed E-state index contributed by atoms with van der Waals surface area (Å²) in [6, 6.07) is 12.3. The van der Waals surface area contributed by atoms with E-state index in [0.717, 1.165) is 6.07 Å². The third-order valence-corrected chi connectivity index (χ3v) is 2.27. The van der Waals surface area contributed by atoms with Gasteiger partial charge in [0, 0.05) is 5.56 Å². The SMILES string of the molecule is O=C(c1ccccc1)c1cccc(F)c1O. The zero-order chi connectivity index (χ0) is 11.5. The lowest BCUT2D eigenvalue weighted by Crippen LogP contribution is -2.02. The van der Waals surface area contributed by atoms with E-state index in [1.807, 2.05) is 0 Å². The molecule has 0 saturated carbocycles. The highest BCUT2D eigenvalue weighted by Gasteiger charge is 2.15. The maximum Gasteiger partial charge on any atom is 0.196 e. The molecule has 0 atom stereocenters. The van der Waals surface area contributed by atoms with Gasteiger partial charge in [-0.05, 0) is 12.1 Å². The Morgan fingerprint density at radius 3 is 2.38 bits per heavy atom. The van der Waals surface area contributed by atoms with Crippen molar-refractivity contribution in [3.05, 3.63) is 65.5 Å². The lowest BCUT2D eigenvalue weighted by molar-refractivity contribution is 0.103. The molecule has 0 bridgehead atoms. The molecule has 0 unspecified atom stereocenters. The highest BCUT2D eigenvalue weighted by Crippen LogP contribution is 2.23. The molecule has 0 fully saturated rings. The minimum atomic E-state index is -0.790. The van der Waals surface area contributed by atoms with Crippen LogP contribution in [0.2, 0.25) is 0 Å². The molecule has 2 nitrogen and oxygen atoms in total. The summed E-state index contributed by atoms with van der Waals surface area (Å²) in [5, 5.41) is 9.43. The first-order valence-corrected chi connectivity index (χ1v) is 4.77. The number of hydrogen-bond donors (Lipinski definition) is 1. The number of aromatic hydroxyl groups is 1. The molecule has 2 aromatic carbocycles. The molecule has 0 saturated heterocycles. The van der Waals surface area contributed by atoms with Crippen molar-refractivity contribution >= 4 is 5.78 Å². The quantitative estimate of drug-likeness (QED) is 0.784. The number of ketones is 1. The van der Waals surface area contributed by atoms with Gasteiger partial charge in [0.2, 0.25) is 0 Å². The molecule has 1 N–H and O–H groups in total. The second-order valence-corrected chi connectivity index (χ2v) is 3.33. The van der Waals surface area contributed by atoms with E-state index in [0.29, 0.717) is 5.56 Å². The zero-order valence-corrected chi connectivity index (χ0v) is 8.35. The van der Waals surface area contributed by atoms with Gasteiger partial charge in [0.15, 0.2) is 17.3 Å². The van der Waals surface area contributed by atoms with Crippen LogP contribution in [0.1, 0.15) is 15.9 Å². The van der Waals surface area contributed by atoms with Gasteiger partial charge in [-0.25, -0.2) is 4.39 Å². The number of para-hydroxylation sites is 1. The van der Waals surface area contributed by atoms with Crippen LogP contribution in [0.4, 0.5) is 4.39 Å². The van der Waals surface area contributed by atoms with E-state index in [-0.39, 0.29) is 5.56 Å². The standard InChI is InChI=1S/C13H9FO2/c14-11-8-4-7-10(13(11)16)12(15)9-5-2-1-3-6-9/h1-8,16H. The summed E-state index contributed by atoms with van der Waals surface area (Å²) >= 11 is 0. The average Bonchev–Trinajstić information content (AvgIpc) is 2.33. The first kappa shape index (κ1) is 10.4. The van der Waals surface area contributed by atoms with Crippen molar-refractivity contribution in [2.75, 3.05) is 0 Å². The zero-order valence-electron chi connectivity index (χ0n) is 8.35. The van der Waals surface area contributed by atoms with Crippen LogP contribution in [0.25, 0.3) is 0 Å². The van der Waals surface area contributed by atoms with E-state index in [2.05, 4.69) is 0 Å². The molecule has 0 amide bonds. The second-order valence-electron chi connectivity index (χ2n) is 3.33. The molecule has 0 heterocycles. The third-order valence-electron chi connectivity index (χ3n) is 2.27. The summed E-state index contributed by atoms with van der Waals surface area (Å²) in [6.45, 7) is 0. The largest absolute Gasteiger partial charge is 0.504 e. The van der Waals surface area contributed by atoms with Crippen LogP contribution in [-0.2, 0) is 0 Å². The molecule has 0 radical (unpaired) electrons. The van der Waals surface area contributed by atoms with Crippen LogP contribution >= 0.6 is 0 Å². The molecule has 0 spiro atoms. The molecule has 2 rings (SSSR count). The lowest BCUT2D eigenvalue weighted by Gasteiger charge is -2.04. The van der Waals surface area contributed by atoms with E-state index in [1.165, 1.54) is 12.1 Å². The summed E-state index contributed by atoms with van der Waals surface area (Å²) in [5.74, 6) is -1.78. The smallest absolute Gasteiger partial charge is 0.196 e. The van der Waals surface area contributed by atoms with Crippen molar-refractivity contribution in [2.45, 2.75) is 0 Å². The number of benzene rings is 2. The normalized spacial score (nSPS) is 10.1. The maximum atomic E-state index is 13.1. The topological polar surface area (TPSA) is 37.3 Å². The van der Waals surface area contributed by atoms with Gasteiger partial charge in [-0.2, -0.15) is 0 Å². The van der Waals surface area contributed by atoms with Gasteiger partial charge in [-0.3, -0.25) is 4.79 Å². The predicted molar refractivity (Wildman–Crippen MR) is 57.9 cm³/mol. The summed E-state index contributed by atoms with van der Waals surface area (Å²) in [5.41, 5.74) is 0.398. The van der Waals surface area contributed by atoms with Crippen molar-refractivity contribution in [2.24, 2.45) is 0 Å². The van der Waals surface area contributed by atoms with E-state index < -0.39 is 17.3 Å². The van der Waals surface area contributed by atoms with Crippen molar-refractivity contribution < 1.29 is 14.3 Å². The molecule has 3 heteroatoms. The van der Waals surface area contributed by atoms with Gasteiger partial charge >= 0.3 is 0 Å². The number of halogens is 1. The highest BCUT2D eigenvalue weighted by molar-refractivity contribution is 6.10. The van der Waals surface area contributed by atoms with Gasteiger partial charge in [0.05, 0.1) is 5.56 Å². The van der Waals surface area contributed by atoms with Crippen LogP contribution in [0.3, 0.4) is 0 Å². The Balaban J connectivity index is 2.46. The summed E-state index contributed by atoms with van der Waals surface area (Å²) < 4.78 is 13.1. The van der Waals surface area contributed by atoms with Crippen LogP contribution in [-0.4, -0.2) is 10.9 Å². The highest BCUT2D eigenvalue weighted by atomic mass is 19.1. The Hall–Kier alpha value is -2.16. The average molecular weight is 216 g/mol. The second kappa shape index (κ2) is 4.14. The van der Waals surface area contributed by atoms with Crippen LogP contribution in [0.15, 0.2) is 48.5 Å². The molecule has 0 aliphatic carbocycles. The molecule has 0 aromatic heterocycles. The Bertz CT molecular complexity index is 521. The predicted octanol–water partition coefficient (Wildman–Crippen LogP) is 2.76. The van der Waals surface area contributed by atoms with Crippen molar-refractivity contribution in [1.29, 1.82) is 0 Å². The van der Waals surface area contributed by atoms with Crippen molar-refractivity contribution in [1.82, 2.24) is 0 Å². The number of rotatable bonds is 2. The van der Waals surface area contributed by atoms with Gasteiger partial charge in [0.25, 0.3) is 0 Å². The fraction of sp³-hybridized carbons (Fsp3) is 0. The van der Waals surface area contributed by atoms with Crippen LogP contribution in [0.5, 0.6) is 5.75 Å². The van der Waals surface area contributed by atoms with Gasteiger partial charge in [-0.15, -0.1) is 0 Å². The van der Waals surface area contributed by atoms with Gasteiger partial charge in [0.1, 0.15) is 0 Å². The van der Waals surface area contributed by atoms with Crippen LogP contribution < -0.4 is 0 Å². The van der Waals surface area contributed by atoms with Crippen LogP contribution in [0, 0.1) is 5.82 Å². The molecular formula is C13H9FO2. The molecule has 2 aromatic rings. The maximum absolute atomic E-state index is 13.1. The van der Waals surface area contributed by atoms with E-state index in [4.69, 9.17) is 0 Å². The fourth-order valence-electron chi connectivity index (χ4n) is 1.44. The molecule has 0 aliphatic rings. The summed E-state index contributed by atoms with van der Waals surface area (Å²) in [7, 11) is 0. The fourth-order valence-corrected chi connectivity index (χ4v) is 1.44. The minimum Gasteiger partial charge on any atom is -0.504 e. The molecule has 0 aliphatic heterocycles.